The molecule has 1 aliphatic heterocycles. The first kappa shape index (κ1) is 14.8. The van der Waals surface area contributed by atoms with Crippen LogP contribution in [0.3, 0.4) is 0 Å². The van der Waals surface area contributed by atoms with E-state index in [2.05, 4.69) is 37.8 Å². The van der Waals surface area contributed by atoms with Gasteiger partial charge in [-0.2, -0.15) is 0 Å². The van der Waals surface area contributed by atoms with E-state index in [1.807, 2.05) is 24.4 Å². The van der Waals surface area contributed by atoms with E-state index in [0.717, 1.165) is 48.0 Å². The number of aromatic amines is 1. The highest BCUT2D eigenvalue weighted by molar-refractivity contribution is 9.10. The van der Waals surface area contributed by atoms with Crippen LogP contribution < -0.4 is 5.56 Å². The van der Waals surface area contributed by atoms with E-state index in [1.54, 1.807) is 0 Å². The predicted molar refractivity (Wildman–Crippen MR) is 89.7 cm³/mol. The van der Waals surface area contributed by atoms with Gasteiger partial charge in [-0.25, -0.2) is 0 Å². The Morgan fingerprint density at radius 3 is 2.90 bits per heavy atom. The van der Waals surface area contributed by atoms with Gasteiger partial charge in [-0.3, -0.25) is 9.69 Å². The van der Waals surface area contributed by atoms with Crippen molar-refractivity contribution < 1.29 is 0 Å². The highest BCUT2D eigenvalue weighted by Crippen LogP contribution is 2.21. The predicted octanol–water partition coefficient (Wildman–Crippen LogP) is 2.43. The van der Waals surface area contributed by atoms with Crippen LogP contribution in [-0.4, -0.2) is 48.0 Å². The van der Waals surface area contributed by atoms with Crippen LogP contribution in [0.15, 0.2) is 33.7 Å². The van der Waals surface area contributed by atoms with Crippen LogP contribution in [0.25, 0.3) is 10.8 Å². The van der Waals surface area contributed by atoms with E-state index in [9.17, 15) is 4.79 Å². The largest absolute Gasteiger partial charge is 0.328 e. The molecule has 0 spiro atoms. The van der Waals surface area contributed by atoms with Crippen molar-refractivity contribution in [3.8, 4) is 0 Å². The summed E-state index contributed by atoms with van der Waals surface area (Å²) in [6.45, 7) is 5.33. The lowest BCUT2D eigenvalue weighted by Gasteiger charge is -2.21. The lowest BCUT2D eigenvalue weighted by Crippen LogP contribution is -2.28. The number of rotatable bonds is 2. The Morgan fingerprint density at radius 2 is 2.05 bits per heavy atom. The summed E-state index contributed by atoms with van der Waals surface area (Å²) in [6.07, 6.45) is 3.06. The molecule has 1 saturated heterocycles. The van der Waals surface area contributed by atoms with E-state index in [-0.39, 0.29) is 5.56 Å². The summed E-state index contributed by atoms with van der Waals surface area (Å²) in [5.74, 6) is 0. The molecule has 4 nitrogen and oxygen atoms in total. The summed E-state index contributed by atoms with van der Waals surface area (Å²) in [5.41, 5.74) is 1.17. The van der Waals surface area contributed by atoms with Gasteiger partial charge >= 0.3 is 0 Å². The van der Waals surface area contributed by atoms with Gasteiger partial charge in [-0.05, 0) is 55.7 Å². The summed E-state index contributed by atoms with van der Waals surface area (Å²) >= 11 is 3.50. The molecule has 21 heavy (non-hydrogen) atoms. The molecule has 3 rings (SSSR count). The lowest BCUT2D eigenvalue weighted by atomic mass is 10.1. The molecule has 0 bridgehead atoms. The molecule has 0 amide bonds. The number of likely N-dealkylation sites (N-methyl/N-ethyl adjacent to an activating group) is 1. The van der Waals surface area contributed by atoms with Crippen LogP contribution in [0.5, 0.6) is 0 Å². The molecular weight excluding hydrogens is 330 g/mol. The van der Waals surface area contributed by atoms with E-state index in [1.165, 1.54) is 12.0 Å². The fourth-order valence-electron chi connectivity index (χ4n) is 2.92. The zero-order valence-electron chi connectivity index (χ0n) is 12.2. The number of benzene rings is 1. The van der Waals surface area contributed by atoms with Gasteiger partial charge in [0.1, 0.15) is 0 Å². The smallest absolute Gasteiger partial charge is 0.255 e. The van der Waals surface area contributed by atoms with Crippen LogP contribution in [0, 0.1) is 0 Å². The van der Waals surface area contributed by atoms with Gasteiger partial charge in [0.2, 0.25) is 0 Å². The Balaban J connectivity index is 1.91. The topological polar surface area (TPSA) is 39.3 Å². The average Bonchev–Trinajstić information content (AvgIpc) is 2.67. The number of nitrogens with zero attached hydrogens (tertiary/aromatic N) is 2. The third-order valence-corrected chi connectivity index (χ3v) is 4.65. The SMILES string of the molecule is CN1CCCN(Cc2c[nH]c(=O)c3ccc(Br)cc23)CC1. The van der Waals surface area contributed by atoms with E-state index in [0.29, 0.717) is 0 Å². The van der Waals surface area contributed by atoms with Crippen molar-refractivity contribution in [1.82, 2.24) is 14.8 Å². The molecule has 0 radical (unpaired) electrons. The number of hydrogen-bond acceptors (Lipinski definition) is 3. The number of halogens is 1. The van der Waals surface area contributed by atoms with Gasteiger partial charge < -0.3 is 9.88 Å². The molecular formula is C16H20BrN3O. The zero-order chi connectivity index (χ0) is 14.8. The zero-order valence-corrected chi connectivity index (χ0v) is 13.8. The normalized spacial score (nSPS) is 18.0. The molecule has 1 aliphatic rings. The minimum absolute atomic E-state index is 0.0168. The van der Waals surface area contributed by atoms with Crippen LogP contribution in [0.4, 0.5) is 0 Å². The van der Waals surface area contributed by atoms with Crippen LogP contribution in [0.2, 0.25) is 0 Å². The first-order valence-electron chi connectivity index (χ1n) is 7.34. The Morgan fingerprint density at radius 1 is 1.19 bits per heavy atom. The molecule has 112 valence electrons. The minimum atomic E-state index is -0.0168. The molecule has 1 aromatic carbocycles. The third-order valence-electron chi connectivity index (χ3n) is 4.16. The van der Waals surface area contributed by atoms with Gasteiger partial charge in [-0.1, -0.05) is 15.9 Å². The first-order chi connectivity index (χ1) is 10.1. The van der Waals surface area contributed by atoms with Gasteiger partial charge in [0.05, 0.1) is 0 Å². The van der Waals surface area contributed by atoms with Crippen molar-refractivity contribution in [2.75, 3.05) is 33.2 Å². The van der Waals surface area contributed by atoms with Crippen molar-refractivity contribution in [3.63, 3.8) is 0 Å². The summed E-state index contributed by atoms with van der Waals surface area (Å²) in [7, 11) is 2.18. The molecule has 0 saturated carbocycles. The van der Waals surface area contributed by atoms with Gasteiger partial charge in [0.25, 0.3) is 5.56 Å². The van der Waals surface area contributed by atoms with Crippen molar-refractivity contribution in [3.05, 3.63) is 44.8 Å². The van der Waals surface area contributed by atoms with Crippen LogP contribution in [-0.2, 0) is 6.54 Å². The first-order valence-corrected chi connectivity index (χ1v) is 8.13. The number of fused-ring (bicyclic) bond motifs is 1. The molecule has 2 heterocycles. The maximum absolute atomic E-state index is 11.9. The fourth-order valence-corrected chi connectivity index (χ4v) is 3.28. The van der Waals surface area contributed by atoms with Crippen molar-refractivity contribution >= 4 is 26.7 Å². The maximum atomic E-state index is 11.9. The molecule has 0 unspecified atom stereocenters. The van der Waals surface area contributed by atoms with Crippen molar-refractivity contribution in [2.45, 2.75) is 13.0 Å². The molecule has 1 fully saturated rings. The number of aromatic nitrogens is 1. The number of pyridine rings is 1. The number of H-pyrrole nitrogens is 1. The number of nitrogens with one attached hydrogen (secondary N) is 1. The highest BCUT2D eigenvalue weighted by atomic mass is 79.9. The quantitative estimate of drug-likeness (QED) is 0.904. The fraction of sp³-hybridized carbons (Fsp3) is 0.438. The summed E-state index contributed by atoms with van der Waals surface area (Å²) < 4.78 is 1.01. The van der Waals surface area contributed by atoms with Crippen molar-refractivity contribution in [2.24, 2.45) is 0 Å². The molecule has 0 atom stereocenters. The highest BCUT2D eigenvalue weighted by Gasteiger charge is 2.14. The Bertz CT molecular complexity index is 697. The molecule has 2 aromatic rings. The summed E-state index contributed by atoms with van der Waals surface area (Å²) in [5, 5.41) is 1.81. The van der Waals surface area contributed by atoms with E-state index >= 15 is 0 Å². The molecule has 0 aliphatic carbocycles. The van der Waals surface area contributed by atoms with Gasteiger partial charge in [0, 0.05) is 35.7 Å². The minimum Gasteiger partial charge on any atom is -0.328 e. The maximum Gasteiger partial charge on any atom is 0.255 e. The Labute approximate surface area is 132 Å². The van der Waals surface area contributed by atoms with E-state index < -0.39 is 0 Å². The molecule has 1 aromatic heterocycles. The second-order valence-corrected chi connectivity index (χ2v) is 6.68. The van der Waals surface area contributed by atoms with Gasteiger partial charge in [0.15, 0.2) is 0 Å². The standard InChI is InChI=1S/C16H20BrN3O/c1-19-5-2-6-20(8-7-19)11-12-10-18-16(21)14-4-3-13(17)9-15(12)14/h3-4,9-10H,2,5-8,11H2,1H3,(H,18,21). The average molecular weight is 350 g/mol. The molecule has 1 N–H and O–H groups in total. The number of hydrogen-bond donors (Lipinski definition) is 1. The lowest BCUT2D eigenvalue weighted by molar-refractivity contribution is 0.270. The summed E-state index contributed by atoms with van der Waals surface area (Å²) in [4.78, 5) is 19.7. The third kappa shape index (κ3) is 3.36. The summed E-state index contributed by atoms with van der Waals surface area (Å²) in [6, 6.07) is 5.85. The van der Waals surface area contributed by atoms with Crippen LogP contribution in [0.1, 0.15) is 12.0 Å². The van der Waals surface area contributed by atoms with E-state index in [4.69, 9.17) is 0 Å². The molecule has 5 heteroatoms. The van der Waals surface area contributed by atoms with Crippen LogP contribution >= 0.6 is 15.9 Å². The monoisotopic (exact) mass is 349 g/mol. The van der Waals surface area contributed by atoms with Crippen molar-refractivity contribution in [1.29, 1.82) is 0 Å². The van der Waals surface area contributed by atoms with Gasteiger partial charge in [-0.15, -0.1) is 0 Å². The second-order valence-electron chi connectivity index (χ2n) is 5.77. The Kier molecular flexibility index (Phi) is 4.42. The Hall–Kier alpha value is -1.17. The second kappa shape index (κ2) is 6.30.